The van der Waals surface area contributed by atoms with Crippen molar-refractivity contribution in [1.82, 2.24) is 10.4 Å². The quantitative estimate of drug-likeness (QED) is 0.220. The predicted octanol–water partition coefficient (Wildman–Crippen LogP) is 5.33. The van der Waals surface area contributed by atoms with Crippen LogP contribution in [0, 0.1) is 18.3 Å². The van der Waals surface area contributed by atoms with Crippen molar-refractivity contribution >= 4 is 39.7 Å². The van der Waals surface area contributed by atoms with Gasteiger partial charge in [0, 0.05) is 29.0 Å². The first-order valence-corrected chi connectivity index (χ1v) is 12.7. The number of aryl methyl sites for hydroxylation is 1. The number of hydrogen-bond donors (Lipinski definition) is 1. The van der Waals surface area contributed by atoms with Crippen LogP contribution in [0.3, 0.4) is 0 Å². The fourth-order valence-corrected chi connectivity index (χ4v) is 4.14. The Balaban J connectivity index is 1.65. The Morgan fingerprint density at radius 2 is 1.97 bits per heavy atom. The van der Waals surface area contributed by atoms with Crippen molar-refractivity contribution in [2.75, 3.05) is 20.3 Å². The second-order valence-electron chi connectivity index (χ2n) is 7.87. The van der Waals surface area contributed by atoms with Gasteiger partial charge in [-0.1, -0.05) is 29.8 Å². The summed E-state index contributed by atoms with van der Waals surface area (Å²) in [6.45, 7) is 4.16. The number of halogens is 2. The van der Waals surface area contributed by atoms with Crippen LogP contribution in [0.2, 0.25) is 5.02 Å². The zero-order valence-corrected chi connectivity index (χ0v) is 23.4. The Morgan fingerprint density at radius 3 is 2.68 bits per heavy atom. The van der Waals surface area contributed by atoms with E-state index in [0.717, 1.165) is 5.56 Å². The molecule has 3 rings (SSSR count). The molecule has 0 spiro atoms. The number of benzene rings is 2. The second-order valence-corrected chi connectivity index (χ2v) is 9.13. The van der Waals surface area contributed by atoms with Crippen molar-refractivity contribution in [3.8, 4) is 23.4 Å². The van der Waals surface area contributed by atoms with E-state index < -0.39 is 5.91 Å². The molecule has 1 aromatic heterocycles. The van der Waals surface area contributed by atoms with Gasteiger partial charge in [0.2, 0.25) is 5.88 Å². The van der Waals surface area contributed by atoms with Crippen LogP contribution in [0.4, 0.5) is 0 Å². The summed E-state index contributed by atoms with van der Waals surface area (Å²) >= 11 is 9.75. The molecule has 0 fully saturated rings. The number of hydrogen-bond acceptors (Lipinski definition) is 8. The van der Waals surface area contributed by atoms with E-state index in [1.165, 1.54) is 13.3 Å². The lowest BCUT2D eigenvalue weighted by Crippen LogP contribution is -2.25. The second kappa shape index (κ2) is 14.3. The number of aromatic nitrogens is 1. The molecule has 0 bridgehead atoms. The van der Waals surface area contributed by atoms with E-state index in [9.17, 15) is 10.1 Å². The van der Waals surface area contributed by atoms with Crippen LogP contribution in [0.25, 0.3) is 0 Å². The number of nitriles is 1. The number of nitrogens with zero attached hydrogens (tertiary/aromatic N) is 3. The Morgan fingerprint density at radius 1 is 1.18 bits per heavy atom. The van der Waals surface area contributed by atoms with E-state index in [-0.39, 0.29) is 31.3 Å². The van der Waals surface area contributed by atoms with Crippen LogP contribution >= 0.6 is 27.5 Å². The smallest absolute Gasteiger partial charge is 0.278 e. The summed E-state index contributed by atoms with van der Waals surface area (Å²) in [6.07, 6.45) is 1.46. The molecule has 198 valence electrons. The largest absolute Gasteiger partial charge is 0.490 e. The topological polar surface area (TPSA) is 115 Å². The summed E-state index contributed by atoms with van der Waals surface area (Å²) in [6, 6.07) is 14.7. The lowest BCUT2D eigenvalue weighted by molar-refractivity contribution is -0.123. The molecular formula is C27H26BrClN4O5. The van der Waals surface area contributed by atoms with Crippen molar-refractivity contribution < 1.29 is 23.7 Å². The lowest BCUT2D eigenvalue weighted by atomic mass is 10.1. The summed E-state index contributed by atoms with van der Waals surface area (Å²) in [7, 11) is 1.53. The highest BCUT2D eigenvalue weighted by atomic mass is 79.9. The molecule has 0 atom stereocenters. The highest BCUT2D eigenvalue weighted by molar-refractivity contribution is 9.10. The average Bonchev–Trinajstić information content (AvgIpc) is 2.88. The number of amides is 1. The maximum absolute atomic E-state index is 12.3. The third-order valence-electron chi connectivity index (χ3n) is 5.01. The van der Waals surface area contributed by atoms with Gasteiger partial charge in [0.15, 0.2) is 18.1 Å². The Hall–Kier alpha value is -3.65. The molecule has 9 nitrogen and oxygen atoms in total. The van der Waals surface area contributed by atoms with E-state index in [1.54, 1.807) is 31.2 Å². The number of carbonyl (C=O) groups excluding carboxylic acids is 1. The van der Waals surface area contributed by atoms with Crippen molar-refractivity contribution in [3.63, 3.8) is 0 Å². The number of methoxy groups -OCH3 is 1. The standard InChI is InChI=1S/C27H26BrClN4O5/c1-4-36-24-11-18(10-22(28)26(24)37-15-19-7-5-6-8-23(19)29)13-31-33-25(34)16-38-27-21(12-30)20(14-35-3)9-17(2)32-27/h5-11,13H,4,14-16H2,1-3H3,(H,33,34)/b31-13+. The fourth-order valence-electron chi connectivity index (χ4n) is 3.38. The fraction of sp³-hybridized carbons (Fsp3) is 0.259. The van der Waals surface area contributed by atoms with Crippen LogP contribution in [-0.4, -0.2) is 37.4 Å². The van der Waals surface area contributed by atoms with Crippen LogP contribution < -0.4 is 19.6 Å². The Bertz CT molecular complexity index is 1360. The summed E-state index contributed by atoms with van der Waals surface area (Å²) in [5.74, 6) is 0.571. The van der Waals surface area contributed by atoms with Gasteiger partial charge in [0.25, 0.3) is 5.91 Å². The van der Waals surface area contributed by atoms with E-state index in [2.05, 4.69) is 31.4 Å². The molecule has 0 radical (unpaired) electrons. The zero-order chi connectivity index (χ0) is 27.5. The number of nitrogens with one attached hydrogen (secondary N) is 1. The van der Waals surface area contributed by atoms with Gasteiger partial charge >= 0.3 is 0 Å². The third kappa shape index (κ3) is 7.92. The molecule has 1 amide bonds. The molecule has 1 heterocycles. The zero-order valence-electron chi connectivity index (χ0n) is 21.1. The third-order valence-corrected chi connectivity index (χ3v) is 5.97. The van der Waals surface area contributed by atoms with E-state index in [0.29, 0.717) is 44.4 Å². The predicted molar refractivity (Wildman–Crippen MR) is 147 cm³/mol. The highest BCUT2D eigenvalue weighted by Crippen LogP contribution is 2.37. The number of pyridine rings is 1. The monoisotopic (exact) mass is 600 g/mol. The maximum Gasteiger partial charge on any atom is 0.278 e. The van der Waals surface area contributed by atoms with E-state index in [4.69, 9.17) is 30.5 Å². The first kappa shape index (κ1) is 28.9. The van der Waals surface area contributed by atoms with Gasteiger partial charge in [-0.3, -0.25) is 4.79 Å². The molecule has 11 heteroatoms. The van der Waals surface area contributed by atoms with Crippen molar-refractivity contribution in [2.24, 2.45) is 5.10 Å². The first-order valence-electron chi connectivity index (χ1n) is 11.5. The maximum atomic E-state index is 12.3. The van der Waals surface area contributed by atoms with Gasteiger partial charge in [-0.15, -0.1) is 0 Å². The first-order chi connectivity index (χ1) is 18.4. The normalized spacial score (nSPS) is 10.7. The van der Waals surface area contributed by atoms with Gasteiger partial charge < -0.3 is 18.9 Å². The van der Waals surface area contributed by atoms with Crippen LogP contribution in [-0.2, 0) is 22.7 Å². The molecule has 3 aromatic rings. The highest BCUT2D eigenvalue weighted by Gasteiger charge is 2.15. The van der Waals surface area contributed by atoms with E-state index in [1.807, 2.05) is 31.2 Å². The number of carbonyl (C=O) groups is 1. The van der Waals surface area contributed by atoms with Crippen molar-refractivity contribution in [3.05, 3.63) is 79.9 Å². The van der Waals surface area contributed by atoms with Gasteiger partial charge in [-0.2, -0.15) is 10.4 Å². The molecular weight excluding hydrogens is 576 g/mol. The molecule has 0 saturated heterocycles. The number of rotatable bonds is 12. The van der Waals surface area contributed by atoms with Crippen molar-refractivity contribution in [1.29, 1.82) is 5.26 Å². The Kier molecular flexibility index (Phi) is 10.9. The van der Waals surface area contributed by atoms with Gasteiger partial charge in [-0.25, -0.2) is 10.4 Å². The molecule has 1 N–H and O–H groups in total. The van der Waals surface area contributed by atoms with Gasteiger partial charge in [-0.05, 0) is 59.6 Å². The van der Waals surface area contributed by atoms with E-state index >= 15 is 0 Å². The number of ether oxygens (including phenoxy) is 4. The minimum absolute atomic E-state index is 0.0661. The van der Waals surface area contributed by atoms with Crippen molar-refractivity contribution in [2.45, 2.75) is 27.1 Å². The molecule has 2 aromatic carbocycles. The molecule has 0 saturated carbocycles. The minimum Gasteiger partial charge on any atom is -0.490 e. The molecule has 0 unspecified atom stereocenters. The van der Waals surface area contributed by atoms with Crippen LogP contribution in [0.5, 0.6) is 17.4 Å². The van der Waals surface area contributed by atoms with Crippen LogP contribution in [0.1, 0.15) is 34.9 Å². The van der Waals surface area contributed by atoms with Crippen LogP contribution in [0.15, 0.2) is 52.0 Å². The molecule has 0 aliphatic heterocycles. The molecule has 38 heavy (non-hydrogen) atoms. The minimum atomic E-state index is -0.523. The SMILES string of the molecule is CCOc1cc(/C=N/NC(=O)COc2nc(C)cc(COC)c2C#N)cc(Br)c1OCc1ccccc1Cl. The van der Waals surface area contributed by atoms with Gasteiger partial charge in [0.1, 0.15) is 18.2 Å². The average molecular weight is 602 g/mol. The molecule has 0 aliphatic rings. The summed E-state index contributed by atoms with van der Waals surface area (Å²) in [4.78, 5) is 16.5. The van der Waals surface area contributed by atoms with Gasteiger partial charge in [0.05, 0.1) is 23.9 Å². The number of hydrazone groups is 1. The Labute approximate surface area is 234 Å². The molecule has 0 aliphatic carbocycles. The summed E-state index contributed by atoms with van der Waals surface area (Å²) in [5, 5.41) is 14.1. The lowest BCUT2D eigenvalue weighted by Gasteiger charge is -2.15. The summed E-state index contributed by atoms with van der Waals surface area (Å²) in [5.41, 5.74) is 5.39. The summed E-state index contributed by atoms with van der Waals surface area (Å²) < 4.78 is 23.0.